The average Bonchev–Trinajstić information content (AvgIpc) is 2.76. The van der Waals surface area contributed by atoms with Gasteiger partial charge in [0.1, 0.15) is 5.60 Å². The van der Waals surface area contributed by atoms with Gasteiger partial charge in [-0.15, -0.1) is 0 Å². The van der Waals surface area contributed by atoms with E-state index in [0.29, 0.717) is 5.88 Å². The molecule has 1 amide bonds. The van der Waals surface area contributed by atoms with Crippen molar-refractivity contribution in [3.63, 3.8) is 0 Å². The number of aromatic nitrogens is 1. The largest absolute Gasteiger partial charge is 0.481 e. The second-order valence-corrected chi connectivity index (χ2v) is 7.57. The normalized spacial score (nSPS) is 23.0. The number of nitrogens with zero attached hydrogens (tertiary/aromatic N) is 2. The van der Waals surface area contributed by atoms with Crippen molar-refractivity contribution in [2.24, 2.45) is 0 Å². The third-order valence-electron chi connectivity index (χ3n) is 4.62. The molecule has 24 heavy (non-hydrogen) atoms. The molecule has 0 saturated carbocycles. The smallest absolute Gasteiger partial charge is 0.411 e. The summed E-state index contributed by atoms with van der Waals surface area (Å²) in [5.74, 6) is 0.631. The van der Waals surface area contributed by atoms with Gasteiger partial charge in [-0.2, -0.15) is 0 Å². The zero-order valence-electron chi connectivity index (χ0n) is 15.1. The Balaban J connectivity index is 1.83. The Morgan fingerprint density at radius 2 is 2.04 bits per heavy atom. The molecule has 1 saturated heterocycles. The Kier molecular flexibility index (Phi) is 4.28. The fourth-order valence-electron chi connectivity index (χ4n) is 3.62. The van der Waals surface area contributed by atoms with Gasteiger partial charge in [-0.05, 0) is 64.2 Å². The molecule has 0 radical (unpaired) electrons. The molecule has 2 unspecified atom stereocenters. The minimum absolute atomic E-state index is 0.120. The predicted octanol–water partition coefficient (Wildman–Crippen LogP) is 3.95. The molecule has 130 valence electrons. The van der Waals surface area contributed by atoms with Crippen LogP contribution in [0.4, 0.5) is 4.79 Å². The molecule has 2 aliphatic rings. The van der Waals surface area contributed by atoms with Crippen LogP contribution in [0.3, 0.4) is 0 Å². The van der Waals surface area contributed by atoms with E-state index in [1.807, 2.05) is 38.7 Å². The summed E-state index contributed by atoms with van der Waals surface area (Å²) in [6.45, 7) is 7.72. The molecule has 0 aliphatic carbocycles. The van der Waals surface area contributed by atoms with Crippen LogP contribution in [0.2, 0.25) is 0 Å². The fourth-order valence-corrected chi connectivity index (χ4v) is 3.62. The lowest BCUT2D eigenvalue weighted by molar-refractivity contribution is 0.0175. The van der Waals surface area contributed by atoms with Gasteiger partial charge in [0.2, 0.25) is 5.88 Å². The van der Waals surface area contributed by atoms with Crippen LogP contribution in [0, 0.1) is 6.92 Å². The third kappa shape index (κ3) is 3.25. The molecule has 2 atom stereocenters. The molecule has 1 aromatic rings. The van der Waals surface area contributed by atoms with Crippen LogP contribution in [0.5, 0.6) is 5.88 Å². The number of hydrogen-bond acceptors (Lipinski definition) is 4. The van der Waals surface area contributed by atoms with E-state index in [2.05, 4.69) is 17.1 Å². The highest BCUT2D eigenvalue weighted by atomic mass is 16.6. The highest BCUT2D eigenvalue weighted by molar-refractivity contribution is 5.75. The molecule has 3 heterocycles. The molecule has 0 N–H and O–H groups in total. The predicted molar refractivity (Wildman–Crippen MR) is 93.0 cm³/mol. The zero-order valence-corrected chi connectivity index (χ0v) is 15.1. The summed E-state index contributed by atoms with van der Waals surface area (Å²) in [6, 6.07) is 4.29. The number of rotatable bonds is 2. The van der Waals surface area contributed by atoms with Crippen molar-refractivity contribution >= 4 is 11.7 Å². The molecule has 1 fully saturated rings. The van der Waals surface area contributed by atoms with Crippen LogP contribution < -0.4 is 4.74 Å². The SMILES string of the molecule is COc1ccc(C2=CC3CCC(C2)N3C(=O)OC(C)(C)C)c(C)n1. The number of hydrogen-bond donors (Lipinski definition) is 0. The first-order valence-corrected chi connectivity index (χ1v) is 8.52. The van der Waals surface area contributed by atoms with Gasteiger partial charge >= 0.3 is 6.09 Å². The number of carbonyl (C=O) groups is 1. The van der Waals surface area contributed by atoms with Crippen molar-refractivity contribution in [1.29, 1.82) is 0 Å². The number of aryl methyl sites for hydroxylation is 1. The molecule has 2 bridgehead atoms. The number of amides is 1. The number of ether oxygens (including phenoxy) is 2. The van der Waals surface area contributed by atoms with Crippen molar-refractivity contribution in [2.45, 2.75) is 64.6 Å². The summed E-state index contributed by atoms with van der Waals surface area (Å²) in [5, 5.41) is 0. The van der Waals surface area contributed by atoms with Crippen molar-refractivity contribution < 1.29 is 14.3 Å². The molecule has 5 heteroatoms. The van der Waals surface area contributed by atoms with Crippen LogP contribution in [0.15, 0.2) is 18.2 Å². The van der Waals surface area contributed by atoms with Gasteiger partial charge in [0.15, 0.2) is 0 Å². The molecule has 2 aliphatic heterocycles. The van der Waals surface area contributed by atoms with E-state index in [0.717, 1.165) is 30.5 Å². The maximum Gasteiger partial charge on any atom is 0.411 e. The molecular weight excluding hydrogens is 304 g/mol. The average molecular weight is 330 g/mol. The molecule has 1 aromatic heterocycles. The lowest BCUT2D eigenvalue weighted by atomic mass is 9.94. The summed E-state index contributed by atoms with van der Waals surface area (Å²) >= 11 is 0. The van der Waals surface area contributed by atoms with E-state index < -0.39 is 5.60 Å². The minimum Gasteiger partial charge on any atom is -0.481 e. The van der Waals surface area contributed by atoms with Crippen LogP contribution in [-0.4, -0.2) is 40.8 Å². The lowest BCUT2D eigenvalue weighted by Gasteiger charge is -2.35. The standard InChI is InChI=1S/C19H26N2O3/c1-12-16(8-9-17(20-12)23-5)13-10-14-6-7-15(11-13)21(14)18(22)24-19(2,3)4/h8-10,14-15H,6-7,11H2,1-5H3. The highest BCUT2D eigenvalue weighted by Crippen LogP contribution is 2.40. The fraction of sp³-hybridized carbons (Fsp3) is 0.579. The lowest BCUT2D eigenvalue weighted by Crippen LogP contribution is -2.45. The van der Waals surface area contributed by atoms with Crippen LogP contribution in [0.25, 0.3) is 5.57 Å². The molecule has 0 spiro atoms. The van der Waals surface area contributed by atoms with E-state index in [4.69, 9.17) is 9.47 Å². The van der Waals surface area contributed by atoms with Crippen LogP contribution in [0.1, 0.15) is 51.3 Å². The second kappa shape index (κ2) is 6.11. The Labute approximate surface area is 143 Å². The van der Waals surface area contributed by atoms with Gasteiger partial charge < -0.3 is 9.47 Å². The second-order valence-electron chi connectivity index (χ2n) is 7.57. The van der Waals surface area contributed by atoms with Gasteiger partial charge in [-0.3, -0.25) is 4.90 Å². The highest BCUT2D eigenvalue weighted by Gasteiger charge is 2.41. The number of fused-ring (bicyclic) bond motifs is 2. The van der Waals surface area contributed by atoms with Crippen LogP contribution >= 0.6 is 0 Å². The van der Waals surface area contributed by atoms with Crippen molar-refractivity contribution in [3.05, 3.63) is 29.5 Å². The van der Waals surface area contributed by atoms with E-state index in [-0.39, 0.29) is 18.2 Å². The Hall–Kier alpha value is -2.04. The maximum atomic E-state index is 12.5. The maximum absolute atomic E-state index is 12.5. The number of methoxy groups -OCH3 is 1. The Morgan fingerprint density at radius 1 is 1.29 bits per heavy atom. The first-order valence-electron chi connectivity index (χ1n) is 8.52. The summed E-state index contributed by atoms with van der Waals surface area (Å²) in [7, 11) is 1.63. The van der Waals surface area contributed by atoms with Gasteiger partial charge in [0.25, 0.3) is 0 Å². The Bertz CT molecular complexity index is 676. The van der Waals surface area contributed by atoms with Gasteiger partial charge in [0.05, 0.1) is 13.2 Å². The quantitative estimate of drug-likeness (QED) is 0.824. The van der Waals surface area contributed by atoms with Gasteiger partial charge in [0, 0.05) is 17.8 Å². The van der Waals surface area contributed by atoms with E-state index in [1.165, 1.54) is 5.57 Å². The number of carbonyl (C=O) groups excluding carboxylic acids is 1. The molecule has 3 rings (SSSR count). The molecule has 5 nitrogen and oxygen atoms in total. The Morgan fingerprint density at radius 3 is 2.62 bits per heavy atom. The third-order valence-corrected chi connectivity index (χ3v) is 4.62. The van der Waals surface area contributed by atoms with Gasteiger partial charge in [-0.1, -0.05) is 6.08 Å². The summed E-state index contributed by atoms with van der Waals surface area (Å²) in [5.41, 5.74) is 2.93. The first kappa shape index (κ1) is 16.8. The van der Waals surface area contributed by atoms with Crippen molar-refractivity contribution in [3.8, 4) is 5.88 Å². The van der Waals surface area contributed by atoms with Crippen molar-refractivity contribution in [1.82, 2.24) is 9.88 Å². The topological polar surface area (TPSA) is 51.7 Å². The molecule has 0 aromatic carbocycles. The van der Waals surface area contributed by atoms with Gasteiger partial charge in [-0.25, -0.2) is 9.78 Å². The van der Waals surface area contributed by atoms with E-state index in [1.54, 1.807) is 7.11 Å². The summed E-state index contributed by atoms with van der Waals surface area (Å²) in [6.07, 6.45) is 4.88. The zero-order chi connectivity index (χ0) is 17.5. The first-order chi connectivity index (χ1) is 11.3. The monoisotopic (exact) mass is 330 g/mol. The minimum atomic E-state index is -0.461. The van der Waals surface area contributed by atoms with E-state index >= 15 is 0 Å². The molecular formula is C19H26N2O3. The van der Waals surface area contributed by atoms with E-state index in [9.17, 15) is 4.79 Å². The van der Waals surface area contributed by atoms with Crippen LogP contribution in [-0.2, 0) is 4.74 Å². The summed E-state index contributed by atoms with van der Waals surface area (Å²) < 4.78 is 10.8. The number of pyridine rings is 1. The summed E-state index contributed by atoms with van der Waals surface area (Å²) in [4.78, 5) is 18.9. The van der Waals surface area contributed by atoms with Crippen molar-refractivity contribution in [2.75, 3.05) is 7.11 Å².